The number of para-hydroxylation sites is 1. The molecule has 0 saturated carbocycles. The summed E-state index contributed by atoms with van der Waals surface area (Å²) in [6.45, 7) is 1.67. The lowest BCUT2D eigenvalue weighted by molar-refractivity contribution is -0.385. The monoisotopic (exact) mass is 263 g/mol. The minimum atomic E-state index is -0.528. The van der Waals surface area contributed by atoms with E-state index in [4.69, 9.17) is 0 Å². The standard InChI is InChI=1S/C13H17N3O3/c17-13(15-10-5-3-4-8-14-9-10)11-6-1-2-7-12(11)16(18)19/h1-2,6-7,10,14H,3-5,8-9H2,(H,15,17). The molecular formula is C13H17N3O3. The molecule has 1 amide bonds. The molecule has 2 rings (SSSR count). The molecule has 102 valence electrons. The lowest BCUT2D eigenvalue weighted by Crippen LogP contribution is -2.41. The maximum absolute atomic E-state index is 12.1. The number of rotatable bonds is 3. The summed E-state index contributed by atoms with van der Waals surface area (Å²) in [5.41, 5.74) is -0.0293. The molecule has 6 nitrogen and oxygen atoms in total. The predicted octanol–water partition coefficient (Wildman–Crippen LogP) is 1.47. The van der Waals surface area contributed by atoms with Gasteiger partial charge < -0.3 is 10.6 Å². The molecule has 0 aromatic heterocycles. The zero-order valence-corrected chi connectivity index (χ0v) is 10.6. The van der Waals surface area contributed by atoms with E-state index in [1.165, 1.54) is 12.1 Å². The van der Waals surface area contributed by atoms with E-state index in [1.54, 1.807) is 12.1 Å². The van der Waals surface area contributed by atoms with Crippen LogP contribution in [0.2, 0.25) is 0 Å². The highest BCUT2D eigenvalue weighted by Crippen LogP contribution is 2.17. The number of benzene rings is 1. The topological polar surface area (TPSA) is 84.3 Å². The van der Waals surface area contributed by atoms with Crippen molar-refractivity contribution in [3.63, 3.8) is 0 Å². The Balaban J connectivity index is 2.09. The molecule has 6 heteroatoms. The molecule has 0 bridgehead atoms. The van der Waals surface area contributed by atoms with E-state index in [-0.39, 0.29) is 23.2 Å². The second kappa shape index (κ2) is 6.29. The third-order valence-corrected chi connectivity index (χ3v) is 3.23. The summed E-state index contributed by atoms with van der Waals surface area (Å²) in [6, 6.07) is 6.06. The molecule has 0 radical (unpaired) electrons. The maximum Gasteiger partial charge on any atom is 0.282 e. The Morgan fingerprint density at radius 3 is 2.95 bits per heavy atom. The number of nitrogens with one attached hydrogen (secondary N) is 2. The summed E-state index contributed by atoms with van der Waals surface area (Å²) in [5.74, 6) is -0.374. The van der Waals surface area contributed by atoms with Crippen LogP contribution in [-0.4, -0.2) is 30.0 Å². The Morgan fingerprint density at radius 2 is 2.16 bits per heavy atom. The van der Waals surface area contributed by atoms with Gasteiger partial charge in [0.25, 0.3) is 11.6 Å². The van der Waals surface area contributed by atoms with Crippen LogP contribution in [0.25, 0.3) is 0 Å². The Bertz CT molecular complexity index is 468. The van der Waals surface area contributed by atoms with E-state index in [2.05, 4.69) is 10.6 Å². The van der Waals surface area contributed by atoms with Gasteiger partial charge in [0.05, 0.1) is 4.92 Å². The van der Waals surface area contributed by atoms with Gasteiger partial charge in [-0.1, -0.05) is 18.6 Å². The average molecular weight is 263 g/mol. The second-order valence-electron chi connectivity index (χ2n) is 4.64. The van der Waals surface area contributed by atoms with Crippen molar-refractivity contribution < 1.29 is 9.72 Å². The second-order valence-corrected chi connectivity index (χ2v) is 4.64. The van der Waals surface area contributed by atoms with Gasteiger partial charge in [-0.3, -0.25) is 14.9 Å². The van der Waals surface area contributed by atoms with E-state index in [0.717, 1.165) is 25.8 Å². The molecule has 0 spiro atoms. The molecular weight excluding hydrogens is 246 g/mol. The normalized spacial score (nSPS) is 19.5. The summed E-state index contributed by atoms with van der Waals surface area (Å²) < 4.78 is 0. The molecule has 1 saturated heterocycles. The Labute approximate surface area is 111 Å². The summed E-state index contributed by atoms with van der Waals surface area (Å²) in [6.07, 6.45) is 3.05. The van der Waals surface area contributed by atoms with Crippen LogP contribution >= 0.6 is 0 Å². The zero-order chi connectivity index (χ0) is 13.7. The van der Waals surface area contributed by atoms with Gasteiger partial charge in [-0.05, 0) is 25.5 Å². The molecule has 2 N–H and O–H groups in total. The average Bonchev–Trinajstić information content (AvgIpc) is 2.67. The number of nitro benzene ring substituents is 1. The predicted molar refractivity (Wildman–Crippen MR) is 71.1 cm³/mol. The highest BCUT2D eigenvalue weighted by Gasteiger charge is 2.22. The van der Waals surface area contributed by atoms with Crippen molar-refractivity contribution in [2.24, 2.45) is 0 Å². The number of nitro groups is 1. The van der Waals surface area contributed by atoms with Crippen molar-refractivity contribution in [1.29, 1.82) is 0 Å². The lowest BCUT2D eigenvalue weighted by Gasteiger charge is -2.16. The Morgan fingerprint density at radius 1 is 1.37 bits per heavy atom. The fourth-order valence-corrected chi connectivity index (χ4v) is 2.23. The summed E-state index contributed by atoms with van der Waals surface area (Å²) in [5, 5.41) is 17.0. The first-order valence-electron chi connectivity index (χ1n) is 6.43. The molecule has 19 heavy (non-hydrogen) atoms. The first kappa shape index (κ1) is 13.5. The van der Waals surface area contributed by atoms with Crippen molar-refractivity contribution >= 4 is 11.6 Å². The van der Waals surface area contributed by atoms with Crippen molar-refractivity contribution in [3.05, 3.63) is 39.9 Å². The van der Waals surface area contributed by atoms with Crippen molar-refractivity contribution in [2.75, 3.05) is 13.1 Å². The third-order valence-electron chi connectivity index (χ3n) is 3.23. The van der Waals surface area contributed by atoms with Crippen molar-refractivity contribution in [1.82, 2.24) is 10.6 Å². The molecule has 1 heterocycles. The molecule has 1 fully saturated rings. The van der Waals surface area contributed by atoms with Crippen molar-refractivity contribution in [2.45, 2.75) is 25.3 Å². The first-order valence-corrected chi connectivity index (χ1v) is 6.43. The molecule has 1 aliphatic heterocycles. The SMILES string of the molecule is O=C(NC1CCCCNC1)c1ccccc1[N+](=O)[O-]. The van der Waals surface area contributed by atoms with E-state index in [1.807, 2.05) is 0 Å². The molecule has 1 aliphatic rings. The minimum absolute atomic E-state index is 0.0369. The van der Waals surface area contributed by atoms with Gasteiger partial charge in [-0.2, -0.15) is 0 Å². The van der Waals surface area contributed by atoms with Gasteiger partial charge in [-0.15, -0.1) is 0 Å². The van der Waals surface area contributed by atoms with E-state index in [0.29, 0.717) is 6.54 Å². The molecule has 0 aliphatic carbocycles. The van der Waals surface area contributed by atoms with Crippen LogP contribution in [0.3, 0.4) is 0 Å². The number of hydrogen-bond donors (Lipinski definition) is 2. The Hall–Kier alpha value is -1.95. The Kier molecular flexibility index (Phi) is 4.46. The van der Waals surface area contributed by atoms with Crippen molar-refractivity contribution in [3.8, 4) is 0 Å². The van der Waals surface area contributed by atoms with Gasteiger partial charge >= 0.3 is 0 Å². The van der Waals surface area contributed by atoms with Gasteiger partial charge in [0, 0.05) is 18.7 Å². The number of carbonyl (C=O) groups is 1. The van der Waals surface area contributed by atoms with Gasteiger partial charge in [0.2, 0.25) is 0 Å². The fraction of sp³-hybridized carbons (Fsp3) is 0.462. The van der Waals surface area contributed by atoms with Crippen LogP contribution in [0.5, 0.6) is 0 Å². The molecule has 1 unspecified atom stereocenters. The molecule has 1 atom stereocenters. The van der Waals surface area contributed by atoms with Gasteiger partial charge in [0.1, 0.15) is 5.56 Å². The van der Waals surface area contributed by atoms with E-state index in [9.17, 15) is 14.9 Å². The first-order chi connectivity index (χ1) is 9.18. The highest BCUT2D eigenvalue weighted by atomic mass is 16.6. The fourth-order valence-electron chi connectivity index (χ4n) is 2.23. The van der Waals surface area contributed by atoms with Crippen LogP contribution in [-0.2, 0) is 0 Å². The van der Waals surface area contributed by atoms with Crippen LogP contribution < -0.4 is 10.6 Å². The third kappa shape index (κ3) is 3.51. The smallest absolute Gasteiger partial charge is 0.282 e. The summed E-state index contributed by atoms with van der Waals surface area (Å²) in [4.78, 5) is 22.5. The highest BCUT2D eigenvalue weighted by molar-refractivity contribution is 5.98. The maximum atomic E-state index is 12.1. The summed E-state index contributed by atoms with van der Waals surface area (Å²) >= 11 is 0. The van der Waals surface area contributed by atoms with Crippen LogP contribution in [0.15, 0.2) is 24.3 Å². The van der Waals surface area contributed by atoms with Crippen LogP contribution in [0.1, 0.15) is 29.6 Å². The quantitative estimate of drug-likeness (QED) is 0.639. The number of hydrogen-bond acceptors (Lipinski definition) is 4. The van der Waals surface area contributed by atoms with Gasteiger partial charge in [0.15, 0.2) is 0 Å². The summed E-state index contributed by atoms with van der Waals surface area (Å²) in [7, 11) is 0. The minimum Gasteiger partial charge on any atom is -0.348 e. The number of nitrogens with zero attached hydrogens (tertiary/aromatic N) is 1. The largest absolute Gasteiger partial charge is 0.348 e. The van der Waals surface area contributed by atoms with Gasteiger partial charge in [-0.25, -0.2) is 0 Å². The number of carbonyl (C=O) groups excluding carboxylic acids is 1. The number of amides is 1. The molecule has 1 aromatic carbocycles. The van der Waals surface area contributed by atoms with Crippen LogP contribution in [0.4, 0.5) is 5.69 Å². The molecule has 1 aromatic rings. The van der Waals surface area contributed by atoms with Crippen LogP contribution in [0, 0.1) is 10.1 Å². The van der Waals surface area contributed by atoms with E-state index >= 15 is 0 Å². The van der Waals surface area contributed by atoms with E-state index < -0.39 is 4.92 Å². The zero-order valence-electron chi connectivity index (χ0n) is 10.6. The lowest BCUT2D eigenvalue weighted by atomic mass is 10.1.